The van der Waals surface area contributed by atoms with E-state index in [2.05, 4.69) is 5.32 Å². The topological polar surface area (TPSA) is 49.4 Å². The molecule has 5 heteroatoms. The number of halogens is 1. The third-order valence-electron chi connectivity index (χ3n) is 4.18. The normalized spacial score (nSPS) is 17.1. The van der Waals surface area contributed by atoms with Crippen LogP contribution in [0.25, 0.3) is 0 Å². The predicted octanol–water partition coefficient (Wildman–Crippen LogP) is 2.68. The van der Waals surface area contributed by atoms with Crippen molar-refractivity contribution in [1.29, 1.82) is 0 Å². The van der Waals surface area contributed by atoms with Crippen LogP contribution >= 0.6 is 0 Å². The third kappa shape index (κ3) is 3.62. The molecule has 2 aromatic rings. The van der Waals surface area contributed by atoms with Gasteiger partial charge in [0.05, 0.1) is 0 Å². The van der Waals surface area contributed by atoms with Gasteiger partial charge in [0.25, 0.3) is 0 Å². The van der Waals surface area contributed by atoms with E-state index in [0.29, 0.717) is 25.8 Å². The molecule has 1 unspecified atom stereocenters. The minimum atomic E-state index is -0.465. The van der Waals surface area contributed by atoms with Crippen molar-refractivity contribution in [2.24, 2.45) is 0 Å². The second-order valence-corrected chi connectivity index (χ2v) is 5.82. The number of nitrogens with zero attached hydrogens (tertiary/aromatic N) is 1. The summed E-state index contributed by atoms with van der Waals surface area (Å²) in [6.07, 6.45) is 1.53. The van der Waals surface area contributed by atoms with Crippen LogP contribution in [-0.2, 0) is 16.0 Å². The number of carbonyl (C=O) groups excluding carboxylic acids is 2. The molecule has 24 heavy (non-hydrogen) atoms. The largest absolute Gasteiger partial charge is 0.354 e. The molecule has 0 spiro atoms. The highest BCUT2D eigenvalue weighted by atomic mass is 19.1. The molecule has 1 heterocycles. The van der Waals surface area contributed by atoms with E-state index in [1.807, 2.05) is 30.3 Å². The smallest absolute Gasteiger partial charge is 0.243 e. The lowest BCUT2D eigenvalue weighted by Gasteiger charge is -2.24. The summed E-state index contributed by atoms with van der Waals surface area (Å²) in [4.78, 5) is 26.2. The molecule has 1 fully saturated rings. The number of hydrogen-bond donors (Lipinski definition) is 1. The molecule has 2 aromatic carbocycles. The first-order valence-electron chi connectivity index (χ1n) is 8.04. The number of hydrogen-bond acceptors (Lipinski definition) is 2. The lowest BCUT2D eigenvalue weighted by molar-refractivity contribution is -0.123. The fraction of sp³-hybridized carbons (Fsp3) is 0.263. The Hall–Kier alpha value is -2.69. The lowest BCUT2D eigenvalue weighted by atomic mass is 10.1. The lowest BCUT2D eigenvalue weighted by Crippen LogP contribution is -2.45. The molecule has 0 bridgehead atoms. The maximum atomic E-state index is 12.9. The van der Waals surface area contributed by atoms with Crippen LogP contribution in [-0.4, -0.2) is 24.4 Å². The molecule has 1 atom stereocenters. The zero-order valence-corrected chi connectivity index (χ0v) is 13.2. The van der Waals surface area contributed by atoms with Crippen molar-refractivity contribution < 1.29 is 14.0 Å². The molecule has 0 aliphatic carbocycles. The van der Waals surface area contributed by atoms with Crippen molar-refractivity contribution in [2.45, 2.75) is 25.3 Å². The van der Waals surface area contributed by atoms with E-state index < -0.39 is 6.04 Å². The van der Waals surface area contributed by atoms with Crippen LogP contribution in [0.3, 0.4) is 0 Å². The van der Waals surface area contributed by atoms with Crippen molar-refractivity contribution in [3.63, 3.8) is 0 Å². The molecule has 1 saturated heterocycles. The molecule has 1 aliphatic heterocycles. The Labute approximate surface area is 140 Å². The minimum Gasteiger partial charge on any atom is -0.354 e. The van der Waals surface area contributed by atoms with Gasteiger partial charge in [-0.1, -0.05) is 30.3 Å². The monoisotopic (exact) mass is 326 g/mol. The van der Waals surface area contributed by atoms with Crippen LogP contribution < -0.4 is 10.2 Å². The average Bonchev–Trinajstić information content (AvgIpc) is 2.99. The van der Waals surface area contributed by atoms with Crippen LogP contribution in [0.4, 0.5) is 10.1 Å². The average molecular weight is 326 g/mol. The highest BCUT2D eigenvalue weighted by Crippen LogP contribution is 2.26. The zero-order valence-electron chi connectivity index (χ0n) is 13.2. The van der Waals surface area contributed by atoms with E-state index in [9.17, 15) is 14.0 Å². The van der Waals surface area contributed by atoms with E-state index in [1.165, 1.54) is 12.1 Å². The van der Waals surface area contributed by atoms with E-state index in [1.54, 1.807) is 17.0 Å². The Morgan fingerprint density at radius 3 is 2.54 bits per heavy atom. The van der Waals surface area contributed by atoms with Crippen LogP contribution in [0.1, 0.15) is 18.4 Å². The van der Waals surface area contributed by atoms with Gasteiger partial charge in [0.2, 0.25) is 11.8 Å². The molecular weight excluding hydrogens is 307 g/mol. The number of benzene rings is 2. The first-order chi connectivity index (χ1) is 11.6. The number of amides is 2. The van der Waals surface area contributed by atoms with Crippen LogP contribution in [0.2, 0.25) is 0 Å². The van der Waals surface area contributed by atoms with Crippen LogP contribution in [0, 0.1) is 5.82 Å². The van der Waals surface area contributed by atoms with Crippen LogP contribution in [0.5, 0.6) is 0 Å². The zero-order chi connectivity index (χ0) is 16.9. The summed E-state index contributed by atoms with van der Waals surface area (Å²) in [6, 6.07) is 15.0. The molecule has 0 radical (unpaired) electrons. The van der Waals surface area contributed by atoms with Crippen molar-refractivity contribution in [1.82, 2.24) is 5.32 Å². The molecule has 1 aliphatic rings. The Morgan fingerprint density at radius 1 is 1.12 bits per heavy atom. The van der Waals surface area contributed by atoms with Gasteiger partial charge < -0.3 is 5.32 Å². The summed E-state index contributed by atoms with van der Waals surface area (Å²) in [5, 5.41) is 2.88. The van der Waals surface area contributed by atoms with Gasteiger partial charge >= 0.3 is 0 Å². The molecule has 1 N–H and O–H groups in total. The summed E-state index contributed by atoms with van der Waals surface area (Å²) in [5.41, 5.74) is 1.71. The molecule has 2 amide bonds. The van der Waals surface area contributed by atoms with Crippen molar-refractivity contribution >= 4 is 17.5 Å². The number of nitrogens with one attached hydrogen (secondary N) is 1. The van der Waals surface area contributed by atoms with Gasteiger partial charge in [-0.15, -0.1) is 0 Å². The second-order valence-electron chi connectivity index (χ2n) is 5.82. The van der Waals surface area contributed by atoms with Gasteiger partial charge in [-0.05, 0) is 42.7 Å². The summed E-state index contributed by atoms with van der Waals surface area (Å²) in [5.74, 6) is -0.447. The standard InChI is InChI=1S/C19H19FN2O2/c20-15-8-6-14(7-9-15)12-13-21-19(24)17-10-11-18(23)22(17)16-4-2-1-3-5-16/h1-9,17H,10-13H2,(H,21,24). The summed E-state index contributed by atoms with van der Waals surface area (Å²) in [6.45, 7) is 0.456. The fourth-order valence-electron chi connectivity index (χ4n) is 2.94. The quantitative estimate of drug-likeness (QED) is 0.918. The number of para-hydroxylation sites is 1. The Bertz CT molecular complexity index is 716. The SMILES string of the molecule is O=C(NCCc1ccc(F)cc1)C1CCC(=O)N1c1ccccc1. The first kappa shape index (κ1) is 16.2. The third-order valence-corrected chi connectivity index (χ3v) is 4.18. The molecule has 0 aromatic heterocycles. The minimum absolute atomic E-state index is 0.0279. The Balaban J connectivity index is 1.59. The molecule has 0 saturated carbocycles. The van der Waals surface area contributed by atoms with E-state index in [0.717, 1.165) is 11.3 Å². The summed E-state index contributed by atoms with van der Waals surface area (Å²) in [7, 11) is 0. The van der Waals surface area contributed by atoms with Gasteiger partial charge in [0.15, 0.2) is 0 Å². The second kappa shape index (κ2) is 7.25. The van der Waals surface area contributed by atoms with Crippen molar-refractivity contribution in [3.05, 3.63) is 66.0 Å². The maximum Gasteiger partial charge on any atom is 0.243 e. The Kier molecular flexibility index (Phi) is 4.89. The summed E-state index contributed by atoms with van der Waals surface area (Å²) < 4.78 is 12.9. The molecule has 124 valence electrons. The van der Waals surface area contributed by atoms with Gasteiger partial charge in [-0.25, -0.2) is 4.39 Å². The molecule has 4 nitrogen and oxygen atoms in total. The fourth-order valence-corrected chi connectivity index (χ4v) is 2.94. The number of anilines is 1. The predicted molar refractivity (Wildman–Crippen MR) is 90.1 cm³/mol. The molecular formula is C19H19FN2O2. The maximum absolute atomic E-state index is 12.9. The highest BCUT2D eigenvalue weighted by molar-refractivity contribution is 6.03. The number of rotatable bonds is 5. The van der Waals surface area contributed by atoms with E-state index in [4.69, 9.17) is 0 Å². The van der Waals surface area contributed by atoms with E-state index in [-0.39, 0.29) is 17.6 Å². The van der Waals surface area contributed by atoms with Crippen molar-refractivity contribution in [3.8, 4) is 0 Å². The van der Waals surface area contributed by atoms with E-state index >= 15 is 0 Å². The van der Waals surface area contributed by atoms with Crippen molar-refractivity contribution in [2.75, 3.05) is 11.4 Å². The van der Waals surface area contributed by atoms with Gasteiger partial charge in [-0.2, -0.15) is 0 Å². The van der Waals surface area contributed by atoms with Gasteiger partial charge in [0, 0.05) is 18.7 Å². The summed E-state index contributed by atoms with van der Waals surface area (Å²) >= 11 is 0. The number of carbonyl (C=O) groups is 2. The molecule has 3 rings (SSSR count). The van der Waals surface area contributed by atoms with Crippen LogP contribution in [0.15, 0.2) is 54.6 Å². The Morgan fingerprint density at radius 2 is 1.83 bits per heavy atom. The first-order valence-corrected chi connectivity index (χ1v) is 8.04. The highest BCUT2D eigenvalue weighted by Gasteiger charge is 2.36. The van der Waals surface area contributed by atoms with Gasteiger partial charge in [-0.3, -0.25) is 14.5 Å². The van der Waals surface area contributed by atoms with Gasteiger partial charge in [0.1, 0.15) is 11.9 Å².